The molecule has 96 valence electrons. The second kappa shape index (κ2) is 6.34. The maximum atomic E-state index is 12.9. The molecule has 1 saturated carbocycles. The van der Waals surface area contributed by atoms with Gasteiger partial charge in [-0.15, -0.1) is 0 Å². The molecule has 0 bridgehead atoms. The van der Waals surface area contributed by atoms with Crippen molar-refractivity contribution in [2.75, 3.05) is 0 Å². The minimum absolute atomic E-state index is 0.0915. The second-order valence-electron chi connectivity index (χ2n) is 4.73. The first-order valence-electron chi connectivity index (χ1n) is 6.48. The monoisotopic (exact) mass is 247 g/mol. The highest BCUT2D eigenvalue weighted by Gasteiger charge is 2.13. The Kier molecular flexibility index (Phi) is 4.51. The van der Waals surface area contributed by atoms with Gasteiger partial charge in [-0.3, -0.25) is 4.79 Å². The van der Waals surface area contributed by atoms with Crippen molar-refractivity contribution < 1.29 is 9.18 Å². The number of carbonyl (C=O) groups excluding carboxylic acids is 1. The number of carbonyl (C=O) groups is 1. The van der Waals surface area contributed by atoms with Crippen LogP contribution in [-0.2, 0) is 4.79 Å². The molecule has 0 aliphatic heterocycles. The van der Waals surface area contributed by atoms with E-state index in [2.05, 4.69) is 5.32 Å². The summed E-state index contributed by atoms with van der Waals surface area (Å²) in [5.41, 5.74) is 0.703. The standard InChI is InChI=1S/C15H18FNO/c16-13-6-4-5-12(11-13)9-10-15(18)17-14-7-2-1-3-8-14/h4-6,9-11,14H,1-3,7-8H2,(H,17,18). The molecule has 1 aliphatic carbocycles. The number of amides is 1. The predicted octanol–water partition coefficient (Wildman–Crippen LogP) is 3.29. The first kappa shape index (κ1) is 12.8. The van der Waals surface area contributed by atoms with E-state index in [1.807, 2.05) is 0 Å². The SMILES string of the molecule is O=C(C=Cc1cccc(F)c1)NC1CCCCC1. The molecular weight excluding hydrogens is 229 g/mol. The average Bonchev–Trinajstić information content (AvgIpc) is 2.38. The van der Waals surface area contributed by atoms with Gasteiger partial charge in [-0.1, -0.05) is 31.4 Å². The van der Waals surface area contributed by atoms with Crippen LogP contribution in [0.1, 0.15) is 37.7 Å². The highest BCUT2D eigenvalue weighted by atomic mass is 19.1. The van der Waals surface area contributed by atoms with E-state index in [4.69, 9.17) is 0 Å². The molecule has 2 nitrogen and oxygen atoms in total. The third-order valence-electron chi connectivity index (χ3n) is 3.23. The van der Waals surface area contributed by atoms with Gasteiger partial charge in [0.1, 0.15) is 5.82 Å². The Bertz CT molecular complexity index is 436. The van der Waals surface area contributed by atoms with Crippen molar-refractivity contribution in [3.05, 3.63) is 41.7 Å². The summed E-state index contributed by atoms with van der Waals surface area (Å²) < 4.78 is 12.9. The summed E-state index contributed by atoms with van der Waals surface area (Å²) in [6, 6.07) is 6.51. The maximum absolute atomic E-state index is 12.9. The fraction of sp³-hybridized carbons (Fsp3) is 0.400. The summed E-state index contributed by atoms with van der Waals surface area (Å²) in [7, 11) is 0. The fourth-order valence-corrected chi connectivity index (χ4v) is 2.28. The van der Waals surface area contributed by atoms with Crippen LogP contribution >= 0.6 is 0 Å². The molecule has 0 radical (unpaired) electrons. The summed E-state index contributed by atoms with van der Waals surface area (Å²) in [5.74, 6) is -0.379. The zero-order valence-electron chi connectivity index (χ0n) is 10.4. The van der Waals surface area contributed by atoms with Gasteiger partial charge >= 0.3 is 0 Å². The van der Waals surface area contributed by atoms with Crippen molar-refractivity contribution >= 4 is 12.0 Å². The Morgan fingerprint density at radius 3 is 2.78 bits per heavy atom. The lowest BCUT2D eigenvalue weighted by atomic mass is 9.95. The third kappa shape index (κ3) is 3.99. The van der Waals surface area contributed by atoms with Crippen LogP contribution < -0.4 is 5.32 Å². The van der Waals surface area contributed by atoms with Gasteiger partial charge in [0.2, 0.25) is 5.91 Å². The number of rotatable bonds is 3. The summed E-state index contributed by atoms with van der Waals surface area (Å²) >= 11 is 0. The van der Waals surface area contributed by atoms with E-state index in [-0.39, 0.29) is 11.7 Å². The first-order valence-corrected chi connectivity index (χ1v) is 6.48. The molecule has 1 N–H and O–H groups in total. The lowest BCUT2D eigenvalue weighted by Crippen LogP contribution is -2.34. The number of hydrogen-bond acceptors (Lipinski definition) is 1. The lowest BCUT2D eigenvalue weighted by Gasteiger charge is -2.21. The topological polar surface area (TPSA) is 29.1 Å². The molecule has 0 spiro atoms. The summed E-state index contributed by atoms with van der Waals surface area (Å²) in [4.78, 5) is 11.7. The molecular formula is C15H18FNO. The Hall–Kier alpha value is -1.64. The van der Waals surface area contributed by atoms with Gasteiger partial charge in [0.15, 0.2) is 0 Å². The van der Waals surface area contributed by atoms with E-state index in [1.54, 1.807) is 18.2 Å². The number of hydrogen-bond donors (Lipinski definition) is 1. The summed E-state index contributed by atoms with van der Waals surface area (Å²) in [5, 5.41) is 2.98. The Labute approximate surface area is 107 Å². The van der Waals surface area contributed by atoms with Crippen LogP contribution in [0.5, 0.6) is 0 Å². The molecule has 1 aromatic rings. The van der Waals surface area contributed by atoms with E-state index in [9.17, 15) is 9.18 Å². The van der Waals surface area contributed by atoms with Gasteiger partial charge in [0.25, 0.3) is 0 Å². The number of nitrogens with one attached hydrogen (secondary N) is 1. The molecule has 0 heterocycles. The molecule has 18 heavy (non-hydrogen) atoms. The molecule has 0 atom stereocenters. The molecule has 0 saturated heterocycles. The molecule has 0 aromatic heterocycles. The van der Waals surface area contributed by atoms with Gasteiger partial charge in [-0.25, -0.2) is 4.39 Å². The van der Waals surface area contributed by atoms with Crippen molar-refractivity contribution in [3.8, 4) is 0 Å². The Morgan fingerprint density at radius 1 is 1.28 bits per heavy atom. The van der Waals surface area contributed by atoms with Gasteiger partial charge < -0.3 is 5.32 Å². The van der Waals surface area contributed by atoms with Crippen LogP contribution in [-0.4, -0.2) is 11.9 Å². The average molecular weight is 247 g/mol. The smallest absolute Gasteiger partial charge is 0.244 e. The third-order valence-corrected chi connectivity index (χ3v) is 3.23. The van der Waals surface area contributed by atoms with Gasteiger partial charge in [0.05, 0.1) is 0 Å². The molecule has 1 fully saturated rings. The molecule has 1 amide bonds. The van der Waals surface area contributed by atoms with Crippen LogP contribution in [0.25, 0.3) is 6.08 Å². The van der Waals surface area contributed by atoms with Crippen LogP contribution in [0.3, 0.4) is 0 Å². The minimum atomic E-state index is -0.287. The molecule has 2 rings (SSSR count). The lowest BCUT2D eigenvalue weighted by molar-refractivity contribution is -0.117. The van der Waals surface area contributed by atoms with Crippen LogP contribution in [0.4, 0.5) is 4.39 Å². The predicted molar refractivity (Wildman–Crippen MR) is 70.4 cm³/mol. The molecule has 0 unspecified atom stereocenters. The van der Waals surface area contributed by atoms with Crippen molar-refractivity contribution in [1.82, 2.24) is 5.32 Å². The number of benzene rings is 1. The van der Waals surface area contributed by atoms with E-state index < -0.39 is 0 Å². The molecule has 1 aromatic carbocycles. The summed E-state index contributed by atoms with van der Waals surface area (Å²) in [6.45, 7) is 0. The fourth-order valence-electron chi connectivity index (χ4n) is 2.28. The quantitative estimate of drug-likeness (QED) is 0.816. The van der Waals surface area contributed by atoms with Gasteiger partial charge in [0, 0.05) is 12.1 Å². The molecule has 1 aliphatic rings. The zero-order valence-corrected chi connectivity index (χ0v) is 10.4. The van der Waals surface area contributed by atoms with Crippen molar-refractivity contribution in [3.63, 3.8) is 0 Å². The maximum Gasteiger partial charge on any atom is 0.244 e. The van der Waals surface area contributed by atoms with E-state index in [0.717, 1.165) is 12.8 Å². The normalized spacial score (nSPS) is 16.9. The molecule has 3 heteroatoms. The highest BCUT2D eigenvalue weighted by molar-refractivity contribution is 5.91. The van der Waals surface area contributed by atoms with E-state index in [1.165, 1.54) is 37.5 Å². The van der Waals surface area contributed by atoms with Crippen LogP contribution in [0.15, 0.2) is 30.3 Å². The number of halogens is 1. The zero-order chi connectivity index (χ0) is 12.8. The van der Waals surface area contributed by atoms with Crippen LogP contribution in [0, 0.1) is 5.82 Å². The Balaban J connectivity index is 1.86. The van der Waals surface area contributed by atoms with E-state index >= 15 is 0 Å². The van der Waals surface area contributed by atoms with Crippen molar-refractivity contribution in [1.29, 1.82) is 0 Å². The summed E-state index contributed by atoms with van der Waals surface area (Å²) in [6.07, 6.45) is 8.91. The Morgan fingerprint density at radius 2 is 2.06 bits per heavy atom. The van der Waals surface area contributed by atoms with Gasteiger partial charge in [-0.05, 0) is 36.6 Å². The largest absolute Gasteiger partial charge is 0.350 e. The van der Waals surface area contributed by atoms with Crippen molar-refractivity contribution in [2.24, 2.45) is 0 Å². The van der Waals surface area contributed by atoms with Gasteiger partial charge in [-0.2, -0.15) is 0 Å². The minimum Gasteiger partial charge on any atom is -0.350 e. The first-order chi connectivity index (χ1) is 8.74. The highest BCUT2D eigenvalue weighted by Crippen LogP contribution is 2.17. The van der Waals surface area contributed by atoms with Crippen molar-refractivity contribution in [2.45, 2.75) is 38.1 Å². The van der Waals surface area contributed by atoms with Crippen LogP contribution in [0.2, 0.25) is 0 Å². The second-order valence-corrected chi connectivity index (χ2v) is 4.73. The van der Waals surface area contributed by atoms with E-state index in [0.29, 0.717) is 11.6 Å².